The zero-order valence-electron chi connectivity index (χ0n) is 7.57. The third-order valence-electron chi connectivity index (χ3n) is 2.16. The van der Waals surface area contributed by atoms with E-state index in [0.717, 1.165) is 5.69 Å². The van der Waals surface area contributed by atoms with Crippen LogP contribution in [0.2, 0.25) is 0 Å². The minimum absolute atomic E-state index is 1.07. The molecule has 0 aliphatic carbocycles. The van der Waals surface area contributed by atoms with E-state index in [1.165, 1.54) is 11.1 Å². The molecule has 1 aromatic carbocycles. The quantitative estimate of drug-likeness (QED) is 0.657. The highest BCUT2D eigenvalue weighted by atomic mass is 15.3. The third kappa shape index (κ3) is 1.43. The van der Waals surface area contributed by atoms with Crippen molar-refractivity contribution in [1.82, 2.24) is 4.68 Å². The second kappa shape index (κ2) is 2.98. The van der Waals surface area contributed by atoms with Crippen molar-refractivity contribution in [1.29, 1.82) is 0 Å². The molecule has 0 amide bonds. The maximum atomic E-state index is 5.69. The van der Waals surface area contributed by atoms with Crippen LogP contribution in [0.3, 0.4) is 0 Å². The number of hydrogen-bond acceptors (Lipinski definition) is 1. The number of nitrogens with zero attached hydrogens (tertiary/aromatic N) is 1. The number of nitrogen functional groups attached to an aromatic ring is 1. The van der Waals surface area contributed by atoms with Crippen LogP contribution < -0.4 is 5.84 Å². The predicted molar refractivity (Wildman–Crippen MR) is 54.8 cm³/mol. The minimum Gasteiger partial charge on any atom is -0.339 e. The Hall–Kier alpha value is -1.70. The Morgan fingerprint density at radius 2 is 1.77 bits per heavy atom. The van der Waals surface area contributed by atoms with Gasteiger partial charge in [0.1, 0.15) is 0 Å². The van der Waals surface area contributed by atoms with Crippen LogP contribution in [0, 0.1) is 6.92 Å². The molecule has 0 atom stereocenters. The van der Waals surface area contributed by atoms with Crippen LogP contribution in [-0.2, 0) is 0 Å². The van der Waals surface area contributed by atoms with Crippen molar-refractivity contribution in [2.24, 2.45) is 0 Å². The molecule has 2 N–H and O–H groups in total. The number of aryl methyl sites for hydroxylation is 1. The largest absolute Gasteiger partial charge is 0.339 e. The van der Waals surface area contributed by atoms with Crippen molar-refractivity contribution in [2.75, 3.05) is 5.84 Å². The zero-order chi connectivity index (χ0) is 9.26. The summed E-state index contributed by atoms with van der Waals surface area (Å²) in [5.41, 5.74) is 3.44. The maximum Gasteiger partial charge on any atom is 0.0367 e. The summed E-state index contributed by atoms with van der Waals surface area (Å²) in [5.74, 6) is 5.69. The lowest BCUT2D eigenvalue weighted by Gasteiger charge is -1.94. The van der Waals surface area contributed by atoms with E-state index >= 15 is 0 Å². The normalized spacial score (nSPS) is 10.2. The summed E-state index contributed by atoms with van der Waals surface area (Å²) in [6, 6.07) is 12.3. The van der Waals surface area contributed by atoms with Gasteiger partial charge in [-0.3, -0.25) is 4.68 Å². The van der Waals surface area contributed by atoms with E-state index in [2.05, 4.69) is 18.2 Å². The van der Waals surface area contributed by atoms with Crippen molar-refractivity contribution in [3.05, 3.63) is 48.3 Å². The van der Waals surface area contributed by atoms with Crippen molar-refractivity contribution in [3.63, 3.8) is 0 Å². The van der Waals surface area contributed by atoms with E-state index in [4.69, 9.17) is 5.84 Å². The monoisotopic (exact) mass is 172 g/mol. The van der Waals surface area contributed by atoms with E-state index in [9.17, 15) is 0 Å². The maximum absolute atomic E-state index is 5.69. The van der Waals surface area contributed by atoms with E-state index in [0.29, 0.717) is 0 Å². The summed E-state index contributed by atoms with van der Waals surface area (Å²) in [4.78, 5) is 0. The summed E-state index contributed by atoms with van der Waals surface area (Å²) >= 11 is 0. The molecule has 0 saturated carbocycles. The van der Waals surface area contributed by atoms with Crippen molar-refractivity contribution in [2.45, 2.75) is 6.92 Å². The molecule has 2 aromatic rings. The van der Waals surface area contributed by atoms with E-state index < -0.39 is 0 Å². The second-order valence-electron chi connectivity index (χ2n) is 3.14. The Morgan fingerprint density at radius 3 is 2.31 bits per heavy atom. The molecule has 1 heterocycles. The van der Waals surface area contributed by atoms with E-state index in [1.807, 2.05) is 31.3 Å². The first-order chi connectivity index (χ1) is 6.27. The summed E-state index contributed by atoms with van der Waals surface area (Å²) in [7, 11) is 0. The van der Waals surface area contributed by atoms with Crippen molar-refractivity contribution >= 4 is 0 Å². The molecule has 2 rings (SSSR count). The topological polar surface area (TPSA) is 30.9 Å². The van der Waals surface area contributed by atoms with Crippen LogP contribution in [0.4, 0.5) is 0 Å². The van der Waals surface area contributed by atoms with Gasteiger partial charge in [-0.2, -0.15) is 0 Å². The first kappa shape index (κ1) is 7.92. The lowest BCUT2D eigenvalue weighted by atomic mass is 10.1. The fraction of sp³-hybridized carbons (Fsp3) is 0.0909. The Labute approximate surface area is 77.6 Å². The molecule has 0 spiro atoms. The first-order valence-corrected chi connectivity index (χ1v) is 4.27. The van der Waals surface area contributed by atoms with Crippen molar-refractivity contribution < 1.29 is 0 Å². The number of rotatable bonds is 1. The average Bonchev–Trinajstić information content (AvgIpc) is 2.49. The second-order valence-corrected chi connectivity index (χ2v) is 3.14. The summed E-state index contributed by atoms with van der Waals surface area (Å²) in [5, 5.41) is 0. The van der Waals surface area contributed by atoms with Crippen LogP contribution in [0.15, 0.2) is 42.6 Å². The number of hydrogen-bond donors (Lipinski definition) is 1. The van der Waals surface area contributed by atoms with Gasteiger partial charge < -0.3 is 5.84 Å². The van der Waals surface area contributed by atoms with Gasteiger partial charge in [0.15, 0.2) is 0 Å². The van der Waals surface area contributed by atoms with Gasteiger partial charge in [0.05, 0.1) is 0 Å². The summed E-state index contributed by atoms with van der Waals surface area (Å²) in [6.07, 6.45) is 1.94. The van der Waals surface area contributed by atoms with Crippen LogP contribution in [0.5, 0.6) is 0 Å². The molecule has 13 heavy (non-hydrogen) atoms. The van der Waals surface area contributed by atoms with Crippen LogP contribution in [0.1, 0.15) is 5.69 Å². The lowest BCUT2D eigenvalue weighted by Crippen LogP contribution is -2.07. The third-order valence-corrected chi connectivity index (χ3v) is 2.16. The highest BCUT2D eigenvalue weighted by Crippen LogP contribution is 2.19. The molecule has 2 heteroatoms. The molecule has 0 saturated heterocycles. The first-order valence-electron chi connectivity index (χ1n) is 4.27. The molecule has 1 aromatic heterocycles. The van der Waals surface area contributed by atoms with Crippen LogP contribution >= 0.6 is 0 Å². The van der Waals surface area contributed by atoms with Gasteiger partial charge in [0, 0.05) is 17.5 Å². The molecular formula is C11H12N2. The molecule has 0 aliphatic rings. The fourth-order valence-corrected chi connectivity index (χ4v) is 1.38. The van der Waals surface area contributed by atoms with Gasteiger partial charge in [-0.25, -0.2) is 0 Å². The van der Waals surface area contributed by atoms with E-state index in [1.54, 1.807) is 4.68 Å². The van der Waals surface area contributed by atoms with Gasteiger partial charge in [-0.15, -0.1) is 0 Å². The molecule has 0 fully saturated rings. The SMILES string of the molecule is Cc1cc(-c2ccccc2)cn1N. The average molecular weight is 172 g/mol. The molecule has 0 unspecified atom stereocenters. The Bertz CT molecular complexity index is 382. The van der Waals surface area contributed by atoms with Gasteiger partial charge in [-0.05, 0) is 18.6 Å². The highest BCUT2D eigenvalue weighted by molar-refractivity contribution is 5.63. The molecule has 66 valence electrons. The molecule has 2 nitrogen and oxygen atoms in total. The minimum atomic E-state index is 1.07. The van der Waals surface area contributed by atoms with Gasteiger partial charge >= 0.3 is 0 Å². The van der Waals surface area contributed by atoms with Crippen LogP contribution in [0.25, 0.3) is 11.1 Å². The van der Waals surface area contributed by atoms with E-state index in [-0.39, 0.29) is 0 Å². The summed E-state index contributed by atoms with van der Waals surface area (Å²) in [6.45, 7) is 1.99. The Balaban J connectivity index is 2.48. The number of benzene rings is 1. The number of aromatic nitrogens is 1. The van der Waals surface area contributed by atoms with Gasteiger partial charge in [-0.1, -0.05) is 30.3 Å². The Morgan fingerprint density at radius 1 is 1.08 bits per heavy atom. The molecule has 0 aliphatic heterocycles. The van der Waals surface area contributed by atoms with Gasteiger partial charge in [0.2, 0.25) is 0 Å². The highest BCUT2D eigenvalue weighted by Gasteiger charge is 2.00. The van der Waals surface area contributed by atoms with Gasteiger partial charge in [0.25, 0.3) is 0 Å². The zero-order valence-corrected chi connectivity index (χ0v) is 7.57. The Kier molecular flexibility index (Phi) is 1.81. The standard InChI is InChI=1S/C11H12N2/c1-9-7-11(8-13(9)12)10-5-3-2-4-6-10/h2-8H,12H2,1H3. The fourth-order valence-electron chi connectivity index (χ4n) is 1.38. The lowest BCUT2D eigenvalue weighted by molar-refractivity contribution is 0.962. The molecule has 0 radical (unpaired) electrons. The molecular weight excluding hydrogens is 160 g/mol. The smallest absolute Gasteiger partial charge is 0.0367 e. The van der Waals surface area contributed by atoms with Crippen molar-refractivity contribution in [3.8, 4) is 11.1 Å². The number of nitrogens with two attached hydrogens (primary N) is 1. The molecule has 0 bridgehead atoms. The summed E-state index contributed by atoms with van der Waals surface area (Å²) < 4.78 is 1.64. The predicted octanol–water partition coefficient (Wildman–Crippen LogP) is 2.18. The van der Waals surface area contributed by atoms with Crippen LogP contribution in [-0.4, -0.2) is 4.68 Å².